The molecule has 9 heteroatoms. The molecule has 0 bridgehead atoms. The highest BCUT2D eigenvalue weighted by Crippen LogP contribution is 2.27. The first-order valence-corrected chi connectivity index (χ1v) is 8.51. The number of aryl methyl sites for hydroxylation is 2. The van der Waals surface area contributed by atoms with Crippen molar-refractivity contribution in [3.8, 4) is 11.5 Å². The molecule has 3 rings (SSSR count). The number of nitrogens with zero attached hydrogens (tertiary/aromatic N) is 4. The first-order valence-electron chi connectivity index (χ1n) is 8.51. The fraction of sp³-hybridized carbons (Fsp3) is 0.316. The van der Waals surface area contributed by atoms with Gasteiger partial charge in [-0.3, -0.25) is 9.59 Å². The number of carbonyl (C=O) groups is 2. The summed E-state index contributed by atoms with van der Waals surface area (Å²) in [6, 6.07) is 4.76. The third-order valence-corrected chi connectivity index (χ3v) is 4.38. The van der Waals surface area contributed by atoms with Gasteiger partial charge in [0.25, 0.3) is 5.78 Å². The van der Waals surface area contributed by atoms with Gasteiger partial charge in [-0.15, -0.1) is 0 Å². The molecule has 0 radical (unpaired) electrons. The van der Waals surface area contributed by atoms with Crippen LogP contribution in [0.1, 0.15) is 27.3 Å². The van der Waals surface area contributed by atoms with E-state index in [1.165, 1.54) is 20.5 Å². The lowest BCUT2D eigenvalue weighted by Crippen LogP contribution is -2.18. The van der Waals surface area contributed by atoms with Gasteiger partial charge < -0.3 is 14.2 Å². The normalized spacial score (nSPS) is 10.7. The Kier molecular flexibility index (Phi) is 5.53. The number of rotatable bonds is 7. The molecule has 0 atom stereocenters. The number of fused-ring (bicyclic) bond motifs is 1. The van der Waals surface area contributed by atoms with Gasteiger partial charge in [-0.1, -0.05) is 0 Å². The zero-order valence-electron chi connectivity index (χ0n) is 16.1. The van der Waals surface area contributed by atoms with Crippen molar-refractivity contribution in [2.24, 2.45) is 0 Å². The minimum atomic E-state index is -0.527. The molecule has 1 aromatic carbocycles. The van der Waals surface area contributed by atoms with Gasteiger partial charge in [0.1, 0.15) is 6.33 Å². The van der Waals surface area contributed by atoms with E-state index >= 15 is 0 Å². The number of benzene rings is 1. The third-order valence-electron chi connectivity index (χ3n) is 4.38. The molecule has 9 nitrogen and oxygen atoms in total. The second-order valence-corrected chi connectivity index (χ2v) is 6.06. The number of carbonyl (C=O) groups excluding carboxylic acids is 2. The summed E-state index contributed by atoms with van der Waals surface area (Å²) in [5.41, 5.74) is 2.48. The van der Waals surface area contributed by atoms with Crippen LogP contribution >= 0.6 is 0 Å². The predicted molar refractivity (Wildman–Crippen MR) is 98.8 cm³/mol. The van der Waals surface area contributed by atoms with Crippen LogP contribution in [0.15, 0.2) is 24.5 Å². The molecule has 0 aliphatic carbocycles. The molecule has 2 aromatic heterocycles. The molecule has 0 amide bonds. The minimum Gasteiger partial charge on any atom is -0.493 e. The number of ketones is 1. The number of aromatic nitrogens is 4. The highest BCUT2D eigenvalue weighted by atomic mass is 16.5. The number of hydrogen-bond acceptors (Lipinski definition) is 8. The molecule has 146 valence electrons. The maximum Gasteiger partial charge on any atom is 0.310 e. The smallest absolute Gasteiger partial charge is 0.310 e. The Morgan fingerprint density at radius 1 is 1.11 bits per heavy atom. The molecule has 28 heavy (non-hydrogen) atoms. The van der Waals surface area contributed by atoms with Crippen LogP contribution in [0.5, 0.6) is 11.5 Å². The topological polar surface area (TPSA) is 105 Å². The van der Waals surface area contributed by atoms with Crippen molar-refractivity contribution in [3.05, 3.63) is 47.0 Å². The summed E-state index contributed by atoms with van der Waals surface area (Å²) < 4.78 is 17.0. The van der Waals surface area contributed by atoms with Crippen LogP contribution in [0.3, 0.4) is 0 Å². The van der Waals surface area contributed by atoms with Crippen molar-refractivity contribution in [1.82, 2.24) is 19.6 Å². The molecule has 0 saturated carbocycles. The molecule has 0 aliphatic rings. The first kappa shape index (κ1) is 19.3. The summed E-state index contributed by atoms with van der Waals surface area (Å²) in [6.07, 6.45) is 1.39. The Bertz CT molecular complexity index is 1040. The van der Waals surface area contributed by atoms with Gasteiger partial charge in [-0.2, -0.15) is 10.1 Å². The largest absolute Gasteiger partial charge is 0.493 e. The number of ether oxygens (including phenoxy) is 3. The standard InChI is InChI=1S/C19H20N4O5/c1-11-14(12(2)23-19(22-11)20-10-21-23)8-18(25)28-9-15(24)13-5-6-16(26-3)17(7-13)27-4/h5-7,10H,8-9H2,1-4H3. The molecular weight excluding hydrogens is 364 g/mol. The van der Waals surface area contributed by atoms with Gasteiger partial charge in [-0.25, -0.2) is 9.50 Å². The Balaban J connectivity index is 1.67. The number of Topliss-reactive ketones (excluding diaryl/α,β-unsaturated/α-hetero) is 1. The molecule has 0 saturated heterocycles. The molecule has 0 unspecified atom stereocenters. The van der Waals surface area contributed by atoms with Crippen molar-refractivity contribution in [3.63, 3.8) is 0 Å². The average molecular weight is 384 g/mol. The van der Waals surface area contributed by atoms with Crippen molar-refractivity contribution >= 4 is 17.5 Å². The maximum absolute atomic E-state index is 12.3. The fourth-order valence-corrected chi connectivity index (χ4v) is 2.85. The van der Waals surface area contributed by atoms with E-state index in [1.54, 1.807) is 29.6 Å². The Morgan fingerprint density at radius 2 is 1.86 bits per heavy atom. The van der Waals surface area contributed by atoms with Crippen molar-refractivity contribution < 1.29 is 23.8 Å². The second-order valence-electron chi connectivity index (χ2n) is 6.06. The zero-order chi connectivity index (χ0) is 20.3. The first-order chi connectivity index (χ1) is 13.4. The zero-order valence-corrected chi connectivity index (χ0v) is 16.1. The van der Waals surface area contributed by atoms with E-state index in [0.29, 0.717) is 34.1 Å². The SMILES string of the molecule is COc1ccc(C(=O)COC(=O)Cc2c(C)nc3ncnn3c2C)cc1OC. The van der Waals surface area contributed by atoms with Gasteiger partial charge in [0.15, 0.2) is 23.9 Å². The number of methoxy groups -OCH3 is 2. The van der Waals surface area contributed by atoms with Gasteiger partial charge in [0.2, 0.25) is 0 Å². The van der Waals surface area contributed by atoms with Gasteiger partial charge in [0.05, 0.1) is 20.6 Å². The Morgan fingerprint density at radius 3 is 2.57 bits per heavy atom. The summed E-state index contributed by atoms with van der Waals surface area (Å²) in [6.45, 7) is 3.25. The summed E-state index contributed by atoms with van der Waals surface area (Å²) in [4.78, 5) is 33.0. The van der Waals surface area contributed by atoms with E-state index in [0.717, 1.165) is 5.69 Å². The van der Waals surface area contributed by atoms with Crippen LogP contribution in [0, 0.1) is 13.8 Å². The molecule has 2 heterocycles. The Labute approximate surface area is 161 Å². The lowest BCUT2D eigenvalue weighted by Gasteiger charge is -2.11. The summed E-state index contributed by atoms with van der Waals surface area (Å²) in [5.74, 6) is 0.542. The average Bonchev–Trinajstić information content (AvgIpc) is 3.17. The predicted octanol–water partition coefficient (Wildman–Crippen LogP) is 1.73. The van der Waals surface area contributed by atoms with Crippen LogP contribution in [0.25, 0.3) is 5.78 Å². The lowest BCUT2D eigenvalue weighted by molar-refractivity contribution is -0.141. The lowest BCUT2D eigenvalue weighted by atomic mass is 10.1. The van der Waals surface area contributed by atoms with Crippen LogP contribution in [0.2, 0.25) is 0 Å². The molecule has 0 spiro atoms. The molecule has 0 aliphatic heterocycles. The molecular formula is C19H20N4O5. The molecule has 3 aromatic rings. The number of hydrogen-bond donors (Lipinski definition) is 0. The van der Waals surface area contributed by atoms with E-state index in [-0.39, 0.29) is 18.8 Å². The minimum absolute atomic E-state index is 0.0142. The Hall–Kier alpha value is -3.49. The monoisotopic (exact) mass is 384 g/mol. The fourth-order valence-electron chi connectivity index (χ4n) is 2.85. The van der Waals surface area contributed by atoms with E-state index in [1.807, 2.05) is 6.92 Å². The van der Waals surface area contributed by atoms with E-state index in [4.69, 9.17) is 14.2 Å². The van der Waals surface area contributed by atoms with Crippen molar-refractivity contribution in [2.45, 2.75) is 20.3 Å². The van der Waals surface area contributed by atoms with Crippen LogP contribution in [0.4, 0.5) is 0 Å². The van der Waals surface area contributed by atoms with Crippen LogP contribution in [-0.2, 0) is 16.0 Å². The maximum atomic E-state index is 12.3. The van der Waals surface area contributed by atoms with E-state index < -0.39 is 5.97 Å². The molecule has 0 N–H and O–H groups in total. The van der Waals surface area contributed by atoms with Crippen LogP contribution in [-0.4, -0.2) is 52.2 Å². The summed E-state index contributed by atoms with van der Waals surface area (Å²) >= 11 is 0. The van der Waals surface area contributed by atoms with E-state index in [9.17, 15) is 9.59 Å². The highest BCUT2D eigenvalue weighted by Gasteiger charge is 2.17. The van der Waals surface area contributed by atoms with Crippen LogP contribution < -0.4 is 9.47 Å². The van der Waals surface area contributed by atoms with Crippen molar-refractivity contribution in [2.75, 3.05) is 20.8 Å². The van der Waals surface area contributed by atoms with Gasteiger partial charge in [-0.05, 0) is 32.0 Å². The van der Waals surface area contributed by atoms with Crippen molar-refractivity contribution in [1.29, 1.82) is 0 Å². The van der Waals surface area contributed by atoms with E-state index in [2.05, 4.69) is 15.1 Å². The quantitative estimate of drug-likeness (QED) is 0.448. The number of esters is 1. The summed E-state index contributed by atoms with van der Waals surface area (Å²) in [5, 5.41) is 4.09. The summed E-state index contributed by atoms with van der Waals surface area (Å²) in [7, 11) is 2.99. The van der Waals surface area contributed by atoms with Gasteiger partial charge in [0, 0.05) is 22.5 Å². The third kappa shape index (κ3) is 3.78. The molecule has 0 fully saturated rings. The van der Waals surface area contributed by atoms with Gasteiger partial charge >= 0.3 is 5.97 Å². The highest BCUT2D eigenvalue weighted by molar-refractivity contribution is 5.98. The second kappa shape index (κ2) is 8.03.